The van der Waals surface area contributed by atoms with E-state index >= 15 is 0 Å². The van der Waals surface area contributed by atoms with Gasteiger partial charge in [0.15, 0.2) is 0 Å². The van der Waals surface area contributed by atoms with Crippen LogP contribution in [0.5, 0.6) is 0 Å². The first kappa shape index (κ1) is 23.7. The average molecular weight is 443 g/mol. The monoisotopic (exact) mass is 442 g/mol. The van der Waals surface area contributed by atoms with Crippen LogP contribution in [0.1, 0.15) is 33.4 Å². The Morgan fingerprint density at radius 3 is 1.80 bits per heavy atom. The molecule has 0 aliphatic heterocycles. The number of alkyl halides is 3. The van der Waals surface area contributed by atoms with Gasteiger partial charge in [0.05, 0.1) is 11.3 Å². The highest BCUT2D eigenvalue weighted by molar-refractivity contribution is 7.92. The van der Waals surface area contributed by atoms with Gasteiger partial charge in [-0.25, -0.2) is 8.42 Å². The topological polar surface area (TPSA) is 75.3 Å². The number of carbonyl (C=O) groups excluding carboxylic acids is 1. The highest BCUT2D eigenvalue weighted by atomic mass is 32.2. The van der Waals surface area contributed by atoms with Crippen LogP contribution in [0.2, 0.25) is 0 Å². The second kappa shape index (κ2) is 8.67. The Bertz CT molecular complexity index is 1030. The maximum atomic E-state index is 13.0. The number of carbonyl (C=O) groups is 1. The summed E-state index contributed by atoms with van der Waals surface area (Å²) < 4.78 is 65.0. The lowest BCUT2D eigenvalue weighted by atomic mass is 9.95. The number of anilines is 1. The van der Waals surface area contributed by atoms with Crippen molar-refractivity contribution in [3.05, 3.63) is 57.6 Å². The number of sulfonamides is 1. The van der Waals surface area contributed by atoms with Crippen molar-refractivity contribution in [2.24, 2.45) is 0 Å². The van der Waals surface area contributed by atoms with Gasteiger partial charge in [-0.1, -0.05) is 12.1 Å². The molecule has 1 amide bonds. The van der Waals surface area contributed by atoms with E-state index in [0.29, 0.717) is 22.4 Å². The number of hydrogen-bond acceptors (Lipinski definition) is 3. The van der Waals surface area contributed by atoms with Crippen LogP contribution in [0.3, 0.4) is 0 Å². The molecule has 2 aromatic rings. The minimum absolute atomic E-state index is 0.235. The summed E-state index contributed by atoms with van der Waals surface area (Å²) in [6.45, 7) is 7.87. The van der Waals surface area contributed by atoms with Crippen molar-refractivity contribution in [2.75, 3.05) is 11.3 Å². The predicted molar refractivity (Wildman–Crippen MR) is 110 cm³/mol. The zero-order chi connectivity index (χ0) is 22.9. The summed E-state index contributed by atoms with van der Waals surface area (Å²) in [6.07, 6.45) is -4.71. The third-order valence-electron chi connectivity index (χ3n) is 5.26. The largest absolute Gasteiger partial charge is 0.405 e. The van der Waals surface area contributed by atoms with E-state index in [1.54, 1.807) is 19.2 Å². The van der Waals surface area contributed by atoms with E-state index in [9.17, 15) is 26.4 Å². The first-order valence-corrected chi connectivity index (χ1v) is 10.7. The molecule has 164 valence electrons. The Morgan fingerprint density at radius 1 is 0.867 bits per heavy atom. The molecule has 0 radical (unpaired) electrons. The zero-order valence-electron chi connectivity index (χ0n) is 17.5. The summed E-state index contributed by atoms with van der Waals surface area (Å²) in [5.41, 5.74) is 5.01. The van der Waals surface area contributed by atoms with Crippen molar-refractivity contribution in [1.82, 2.24) is 5.32 Å². The Hall–Kier alpha value is -2.55. The Balaban J connectivity index is 2.19. The molecule has 0 saturated carbocycles. The number of nitrogens with one attached hydrogen (secondary N) is 2. The molecule has 0 bridgehead atoms. The molecule has 2 aromatic carbocycles. The third kappa shape index (κ3) is 5.53. The summed E-state index contributed by atoms with van der Waals surface area (Å²) in [4.78, 5) is 11.8. The molecule has 0 fully saturated rings. The van der Waals surface area contributed by atoms with Gasteiger partial charge in [-0.05, 0) is 80.1 Å². The fraction of sp³-hybridized carbons (Fsp3) is 0.381. The van der Waals surface area contributed by atoms with Crippen molar-refractivity contribution in [1.29, 1.82) is 0 Å². The lowest BCUT2D eigenvalue weighted by Gasteiger charge is -2.19. The van der Waals surface area contributed by atoms with Crippen LogP contribution in [-0.4, -0.2) is 27.0 Å². The lowest BCUT2D eigenvalue weighted by molar-refractivity contribution is -0.138. The molecular weight excluding hydrogens is 417 g/mol. The Kier molecular flexibility index (Phi) is 6.86. The Morgan fingerprint density at radius 2 is 1.33 bits per heavy atom. The molecule has 5 nitrogen and oxygen atoms in total. The molecule has 0 spiro atoms. The van der Waals surface area contributed by atoms with E-state index in [4.69, 9.17) is 0 Å². The maximum absolute atomic E-state index is 13.0. The highest BCUT2D eigenvalue weighted by Crippen LogP contribution is 2.30. The summed E-state index contributed by atoms with van der Waals surface area (Å²) in [5, 5.41) is 1.80. The molecule has 0 unspecified atom stereocenters. The van der Waals surface area contributed by atoms with Crippen molar-refractivity contribution in [3.8, 4) is 0 Å². The van der Waals surface area contributed by atoms with E-state index in [1.165, 1.54) is 24.3 Å². The van der Waals surface area contributed by atoms with Gasteiger partial charge in [-0.15, -0.1) is 0 Å². The number of benzene rings is 2. The minimum atomic E-state index is -4.47. The van der Waals surface area contributed by atoms with Crippen LogP contribution in [0, 0.1) is 34.6 Å². The number of halogens is 3. The van der Waals surface area contributed by atoms with Crippen LogP contribution in [0.15, 0.2) is 29.2 Å². The molecule has 2 N–H and O–H groups in total. The smallest absolute Gasteiger partial charge is 0.347 e. The van der Waals surface area contributed by atoms with Gasteiger partial charge in [-0.2, -0.15) is 13.2 Å². The van der Waals surface area contributed by atoms with E-state index in [1.807, 2.05) is 20.8 Å². The number of rotatable bonds is 6. The van der Waals surface area contributed by atoms with Crippen LogP contribution >= 0.6 is 0 Å². The van der Waals surface area contributed by atoms with Gasteiger partial charge in [-0.3, -0.25) is 9.52 Å². The van der Waals surface area contributed by atoms with Crippen LogP contribution in [0.25, 0.3) is 0 Å². The van der Waals surface area contributed by atoms with Gasteiger partial charge < -0.3 is 5.32 Å². The van der Waals surface area contributed by atoms with Gasteiger partial charge in [0.25, 0.3) is 10.0 Å². The van der Waals surface area contributed by atoms with Gasteiger partial charge in [0, 0.05) is 5.69 Å². The molecule has 30 heavy (non-hydrogen) atoms. The molecule has 0 heterocycles. The standard InChI is InChI=1S/C21H25F3N2O3S/c1-12-13(2)15(4)20(16(5)14(12)3)30(28,29)26-18-8-6-17(7-9-18)10-19(27)25-11-21(22,23)24/h6-9,26H,10-11H2,1-5H3,(H,25,27). The van der Waals surface area contributed by atoms with Gasteiger partial charge in [0.2, 0.25) is 5.91 Å². The average Bonchev–Trinajstić information content (AvgIpc) is 2.64. The second-order valence-electron chi connectivity index (χ2n) is 7.33. The first-order valence-electron chi connectivity index (χ1n) is 9.25. The molecular formula is C21H25F3N2O3S. The summed E-state index contributed by atoms with van der Waals surface area (Å²) in [5.74, 6) is -0.766. The van der Waals surface area contributed by atoms with Crippen LogP contribution in [0.4, 0.5) is 18.9 Å². The molecule has 0 aliphatic rings. The second-order valence-corrected chi connectivity index (χ2v) is 8.94. The fourth-order valence-corrected chi connectivity index (χ4v) is 4.87. The number of amides is 1. The van der Waals surface area contributed by atoms with E-state index in [2.05, 4.69) is 4.72 Å². The van der Waals surface area contributed by atoms with Crippen LogP contribution in [-0.2, 0) is 21.2 Å². The maximum Gasteiger partial charge on any atom is 0.405 e. The van der Waals surface area contributed by atoms with E-state index in [0.717, 1.165) is 16.7 Å². The van der Waals surface area contributed by atoms with Crippen LogP contribution < -0.4 is 10.0 Å². The Labute approximate surface area is 174 Å². The molecule has 0 aromatic heterocycles. The normalized spacial score (nSPS) is 12.0. The van der Waals surface area contributed by atoms with E-state index < -0.39 is 28.7 Å². The quantitative estimate of drug-likeness (QED) is 0.702. The van der Waals surface area contributed by atoms with Crippen molar-refractivity contribution in [2.45, 2.75) is 52.1 Å². The predicted octanol–water partition coefficient (Wildman–Crippen LogP) is 4.25. The lowest BCUT2D eigenvalue weighted by Crippen LogP contribution is -2.34. The molecule has 0 saturated heterocycles. The fourth-order valence-electron chi connectivity index (χ4n) is 3.21. The SMILES string of the molecule is Cc1c(C)c(C)c(S(=O)(=O)Nc2ccc(CC(=O)NCC(F)(F)F)cc2)c(C)c1C. The summed E-state index contributed by atoms with van der Waals surface area (Å²) in [6, 6.07) is 5.94. The number of hydrogen-bond donors (Lipinski definition) is 2. The minimum Gasteiger partial charge on any atom is -0.347 e. The zero-order valence-corrected chi connectivity index (χ0v) is 18.3. The highest BCUT2D eigenvalue weighted by Gasteiger charge is 2.27. The van der Waals surface area contributed by atoms with Gasteiger partial charge in [0.1, 0.15) is 6.54 Å². The van der Waals surface area contributed by atoms with Crippen molar-refractivity contribution < 1.29 is 26.4 Å². The van der Waals surface area contributed by atoms with Crippen molar-refractivity contribution >= 4 is 21.6 Å². The molecule has 2 rings (SSSR count). The van der Waals surface area contributed by atoms with Gasteiger partial charge >= 0.3 is 6.18 Å². The third-order valence-corrected chi connectivity index (χ3v) is 6.91. The summed E-state index contributed by atoms with van der Waals surface area (Å²) >= 11 is 0. The van der Waals surface area contributed by atoms with E-state index in [-0.39, 0.29) is 11.3 Å². The van der Waals surface area contributed by atoms with Crippen molar-refractivity contribution in [3.63, 3.8) is 0 Å². The first-order chi connectivity index (χ1) is 13.7. The summed E-state index contributed by atoms with van der Waals surface area (Å²) in [7, 11) is -3.85. The molecule has 0 atom stereocenters. The molecule has 9 heteroatoms. The molecule has 0 aliphatic carbocycles.